The Hall–Kier alpha value is -3.45. The molecule has 0 aliphatic rings. The Balaban J connectivity index is 1.80. The number of anilines is 1. The highest BCUT2D eigenvalue weighted by Gasteiger charge is 2.27. The van der Waals surface area contributed by atoms with Gasteiger partial charge >= 0.3 is 5.69 Å². The van der Waals surface area contributed by atoms with E-state index in [0.29, 0.717) is 28.9 Å². The zero-order valence-corrected chi connectivity index (χ0v) is 19.1. The predicted molar refractivity (Wildman–Crippen MR) is 130 cm³/mol. The van der Waals surface area contributed by atoms with Gasteiger partial charge in [0.15, 0.2) is 0 Å². The number of para-hydroxylation sites is 1. The minimum absolute atomic E-state index is 0.322. The summed E-state index contributed by atoms with van der Waals surface area (Å²) in [5.74, 6) is -0.322. The Morgan fingerprint density at radius 2 is 1.69 bits per heavy atom. The maximum atomic E-state index is 13.7. The molecule has 1 unspecified atom stereocenters. The number of amides is 1. The lowest BCUT2D eigenvalue weighted by atomic mass is 10.1. The number of carbonyl (C=O) groups is 1. The molecule has 0 saturated heterocycles. The first-order valence-corrected chi connectivity index (χ1v) is 11.4. The van der Waals surface area contributed by atoms with Crippen molar-refractivity contribution < 1.29 is 4.79 Å². The van der Waals surface area contributed by atoms with Crippen LogP contribution in [-0.2, 0) is 17.8 Å². The standard InChI is InChI=1S/C25H25N3O3S/c1-4-20-17(3)32-22-21(20)24(30)28(25(31)26-22)16(2)23(29)27(19-13-9-6-10-14-19)15-18-11-7-5-8-12-18/h5-14,16H,4,15H2,1-3H3,(H,26,31). The van der Waals surface area contributed by atoms with Crippen LogP contribution in [0.25, 0.3) is 10.2 Å². The summed E-state index contributed by atoms with van der Waals surface area (Å²) < 4.78 is 1.05. The monoisotopic (exact) mass is 447 g/mol. The van der Waals surface area contributed by atoms with Gasteiger partial charge < -0.3 is 4.90 Å². The molecule has 0 bridgehead atoms. The number of fused-ring (bicyclic) bond motifs is 1. The molecule has 2 heterocycles. The highest BCUT2D eigenvalue weighted by molar-refractivity contribution is 7.18. The van der Waals surface area contributed by atoms with E-state index in [0.717, 1.165) is 20.6 Å². The van der Waals surface area contributed by atoms with Gasteiger partial charge in [-0.1, -0.05) is 55.5 Å². The quantitative estimate of drug-likeness (QED) is 0.476. The molecule has 32 heavy (non-hydrogen) atoms. The van der Waals surface area contributed by atoms with Crippen LogP contribution in [0.1, 0.15) is 35.9 Å². The van der Waals surface area contributed by atoms with Gasteiger partial charge in [-0.3, -0.25) is 14.6 Å². The van der Waals surface area contributed by atoms with Crippen molar-refractivity contribution in [3.63, 3.8) is 0 Å². The fourth-order valence-corrected chi connectivity index (χ4v) is 5.17. The number of H-pyrrole nitrogens is 1. The first kappa shape index (κ1) is 21.8. The summed E-state index contributed by atoms with van der Waals surface area (Å²) in [4.78, 5) is 45.9. The molecular formula is C25H25N3O3S. The molecule has 0 radical (unpaired) electrons. The second kappa shape index (κ2) is 8.96. The highest BCUT2D eigenvalue weighted by Crippen LogP contribution is 2.27. The first-order valence-electron chi connectivity index (χ1n) is 10.6. The van der Waals surface area contributed by atoms with Gasteiger partial charge in [-0.15, -0.1) is 11.3 Å². The van der Waals surface area contributed by atoms with Gasteiger partial charge in [-0.05, 0) is 43.5 Å². The van der Waals surface area contributed by atoms with Crippen molar-refractivity contribution in [2.75, 3.05) is 4.90 Å². The Bertz CT molecular complexity index is 1370. The van der Waals surface area contributed by atoms with Crippen LogP contribution in [0.15, 0.2) is 70.3 Å². The van der Waals surface area contributed by atoms with Crippen LogP contribution in [0.3, 0.4) is 0 Å². The summed E-state index contributed by atoms with van der Waals surface area (Å²) >= 11 is 1.40. The van der Waals surface area contributed by atoms with E-state index in [1.165, 1.54) is 11.3 Å². The van der Waals surface area contributed by atoms with Crippen molar-refractivity contribution in [3.8, 4) is 0 Å². The number of aryl methyl sites for hydroxylation is 2. The van der Waals surface area contributed by atoms with E-state index in [1.807, 2.05) is 74.5 Å². The third-order valence-corrected chi connectivity index (χ3v) is 6.76. The zero-order chi connectivity index (χ0) is 22.8. The van der Waals surface area contributed by atoms with Crippen LogP contribution in [0.2, 0.25) is 0 Å². The molecule has 2 aromatic carbocycles. The molecule has 0 aliphatic heterocycles. The van der Waals surface area contributed by atoms with Crippen LogP contribution in [0.5, 0.6) is 0 Å². The average Bonchev–Trinajstić information content (AvgIpc) is 3.13. The van der Waals surface area contributed by atoms with Gasteiger partial charge in [-0.2, -0.15) is 0 Å². The molecule has 164 valence electrons. The summed E-state index contributed by atoms with van der Waals surface area (Å²) in [6.07, 6.45) is 0.680. The maximum absolute atomic E-state index is 13.7. The number of nitrogens with zero attached hydrogens (tertiary/aromatic N) is 2. The smallest absolute Gasteiger partial charge is 0.306 e. The summed E-state index contributed by atoms with van der Waals surface area (Å²) in [5.41, 5.74) is 1.59. The molecule has 4 rings (SSSR count). The van der Waals surface area contributed by atoms with E-state index in [9.17, 15) is 14.4 Å². The summed E-state index contributed by atoms with van der Waals surface area (Å²) in [6, 6.07) is 18.0. The van der Waals surface area contributed by atoms with E-state index in [-0.39, 0.29) is 5.91 Å². The van der Waals surface area contributed by atoms with Crippen molar-refractivity contribution in [2.45, 2.75) is 39.8 Å². The normalized spacial score (nSPS) is 12.1. The van der Waals surface area contributed by atoms with Crippen molar-refractivity contribution in [1.82, 2.24) is 9.55 Å². The molecule has 1 atom stereocenters. The molecule has 0 fully saturated rings. The predicted octanol–water partition coefficient (Wildman–Crippen LogP) is 4.42. The topological polar surface area (TPSA) is 75.2 Å². The molecule has 1 amide bonds. The highest BCUT2D eigenvalue weighted by atomic mass is 32.1. The van der Waals surface area contributed by atoms with Crippen LogP contribution < -0.4 is 16.1 Å². The number of benzene rings is 2. The molecule has 6 nitrogen and oxygen atoms in total. The van der Waals surface area contributed by atoms with E-state index < -0.39 is 17.3 Å². The molecule has 0 aliphatic carbocycles. The van der Waals surface area contributed by atoms with E-state index in [1.54, 1.807) is 11.8 Å². The third-order valence-electron chi connectivity index (χ3n) is 5.70. The van der Waals surface area contributed by atoms with Crippen molar-refractivity contribution in [3.05, 3.63) is 97.5 Å². The van der Waals surface area contributed by atoms with Crippen LogP contribution in [0, 0.1) is 6.92 Å². The molecule has 1 N–H and O–H groups in total. The minimum Gasteiger partial charge on any atom is -0.306 e. The number of aromatic nitrogens is 2. The number of nitrogens with one attached hydrogen (secondary N) is 1. The van der Waals surface area contributed by atoms with Crippen molar-refractivity contribution in [2.24, 2.45) is 0 Å². The Morgan fingerprint density at radius 3 is 2.31 bits per heavy atom. The first-order chi connectivity index (χ1) is 15.4. The van der Waals surface area contributed by atoms with Gasteiger partial charge in [0, 0.05) is 10.6 Å². The second-order valence-electron chi connectivity index (χ2n) is 7.72. The number of hydrogen-bond acceptors (Lipinski definition) is 4. The number of hydrogen-bond donors (Lipinski definition) is 1. The minimum atomic E-state index is -0.968. The number of thiophene rings is 1. The Kier molecular flexibility index (Phi) is 6.10. The Morgan fingerprint density at radius 1 is 1.06 bits per heavy atom. The second-order valence-corrected chi connectivity index (χ2v) is 8.95. The third kappa shape index (κ3) is 3.91. The van der Waals surface area contributed by atoms with E-state index in [4.69, 9.17) is 0 Å². The zero-order valence-electron chi connectivity index (χ0n) is 18.3. The molecule has 4 aromatic rings. The lowest BCUT2D eigenvalue weighted by molar-refractivity contribution is -0.121. The largest absolute Gasteiger partial charge is 0.330 e. The number of aromatic amines is 1. The van der Waals surface area contributed by atoms with Gasteiger partial charge in [0.25, 0.3) is 5.56 Å². The van der Waals surface area contributed by atoms with Crippen LogP contribution >= 0.6 is 11.3 Å². The SMILES string of the molecule is CCc1c(C)sc2[nH]c(=O)n(C(C)C(=O)N(Cc3ccccc3)c3ccccc3)c(=O)c12. The fourth-order valence-electron chi connectivity index (χ4n) is 4.05. The Labute approximate surface area is 189 Å². The summed E-state index contributed by atoms with van der Waals surface area (Å²) in [6.45, 7) is 5.86. The molecule has 0 spiro atoms. The molecule has 0 saturated carbocycles. The van der Waals surface area contributed by atoms with E-state index in [2.05, 4.69) is 4.98 Å². The van der Waals surface area contributed by atoms with Crippen LogP contribution in [0.4, 0.5) is 5.69 Å². The fraction of sp³-hybridized carbons (Fsp3) is 0.240. The van der Waals surface area contributed by atoms with Gasteiger partial charge in [0.2, 0.25) is 5.91 Å². The molecule has 2 aromatic heterocycles. The van der Waals surface area contributed by atoms with Crippen molar-refractivity contribution >= 4 is 33.1 Å². The van der Waals surface area contributed by atoms with Gasteiger partial charge in [-0.25, -0.2) is 9.36 Å². The summed E-state index contributed by atoms with van der Waals surface area (Å²) in [7, 11) is 0. The van der Waals surface area contributed by atoms with Crippen molar-refractivity contribution in [1.29, 1.82) is 0 Å². The van der Waals surface area contributed by atoms with E-state index >= 15 is 0 Å². The number of carbonyl (C=O) groups excluding carboxylic acids is 1. The number of rotatable bonds is 6. The lowest BCUT2D eigenvalue weighted by Crippen LogP contribution is -2.45. The average molecular weight is 448 g/mol. The lowest BCUT2D eigenvalue weighted by Gasteiger charge is -2.26. The van der Waals surface area contributed by atoms with Gasteiger partial charge in [0.1, 0.15) is 10.9 Å². The molecular weight excluding hydrogens is 422 g/mol. The summed E-state index contributed by atoms with van der Waals surface area (Å²) in [5, 5.41) is 0.503. The van der Waals surface area contributed by atoms with Crippen LogP contribution in [-0.4, -0.2) is 15.5 Å². The van der Waals surface area contributed by atoms with Gasteiger partial charge in [0.05, 0.1) is 11.9 Å². The maximum Gasteiger partial charge on any atom is 0.330 e. The molecule has 7 heteroatoms.